The fourth-order valence-corrected chi connectivity index (χ4v) is 3.14. The highest BCUT2D eigenvalue weighted by Gasteiger charge is 2.23. The number of hydrogen-bond donors (Lipinski definition) is 2. The second kappa shape index (κ2) is 6.22. The summed E-state index contributed by atoms with van der Waals surface area (Å²) in [6.07, 6.45) is 2.00. The van der Waals surface area contributed by atoms with Gasteiger partial charge in [-0.2, -0.15) is 0 Å². The van der Waals surface area contributed by atoms with Crippen molar-refractivity contribution < 1.29 is 4.79 Å². The van der Waals surface area contributed by atoms with Crippen molar-refractivity contribution in [2.45, 2.75) is 38.6 Å². The Morgan fingerprint density at radius 2 is 1.82 bits per heavy atom. The van der Waals surface area contributed by atoms with Gasteiger partial charge in [0.2, 0.25) is 0 Å². The van der Waals surface area contributed by atoms with Gasteiger partial charge in [0.15, 0.2) is 0 Å². The van der Waals surface area contributed by atoms with Gasteiger partial charge >= 0.3 is 6.03 Å². The van der Waals surface area contributed by atoms with E-state index in [-0.39, 0.29) is 12.1 Å². The molecule has 0 aliphatic heterocycles. The third-order valence-electron chi connectivity index (χ3n) is 4.27. The molecule has 1 aliphatic carbocycles. The van der Waals surface area contributed by atoms with Gasteiger partial charge in [-0.1, -0.05) is 56.3 Å². The number of carbonyl (C=O) groups is 1. The first-order chi connectivity index (χ1) is 10.6. The molecule has 0 saturated heterocycles. The van der Waals surface area contributed by atoms with Crippen molar-refractivity contribution in [3.05, 3.63) is 65.2 Å². The van der Waals surface area contributed by atoms with Gasteiger partial charge in [0.25, 0.3) is 0 Å². The lowest BCUT2D eigenvalue weighted by Crippen LogP contribution is -2.31. The largest absolute Gasteiger partial charge is 0.331 e. The van der Waals surface area contributed by atoms with Crippen molar-refractivity contribution in [1.29, 1.82) is 0 Å². The van der Waals surface area contributed by atoms with E-state index in [1.807, 2.05) is 24.3 Å². The zero-order valence-electron chi connectivity index (χ0n) is 13.1. The Kier molecular flexibility index (Phi) is 4.14. The van der Waals surface area contributed by atoms with E-state index in [0.717, 1.165) is 24.1 Å². The summed E-state index contributed by atoms with van der Waals surface area (Å²) in [5, 5.41) is 6.10. The van der Waals surface area contributed by atoms with Gasteiger partial charge in [0.1, 0.15) is 0 Å². The molecule has 0 aromatic heterocycles. The SMILES string of the molecule is CC(C)c1ccccc1NC(=O)NC1CCc2ccccc21. The molecule has 1 atom stereocenters. The van der Waals surface area contributed by atoms with Crippen LogP contribution >= 0.6 is 0 Å². The molecule has 3 rings (SSSR count). The van der Waals surface area contributed by atoms with Crippen LogP contribution < -0.4 is 10.6 Å². The minimum absolute atomic E-state index is 0.113. The zero-order chi connectivity index (χ0) is 15.5. The van der Waals surface area contributed by atoms with Crippen molar-refractivity contribution in [2.75, 3.05) is 5.32 Å². The highest BCUT2D eigenvalue weighted by atomic mass is 16.2. The van der Waals surface area contributed by atoms with Crippen LogP contribution in [0.5, 0.6) is 0 Å². The lowest BCUT2D eigenvalue weighted by molar-refractivity contribution is 0.248. The van der Waals surface area contributed by atoms with Crippen LogP contribution in [0, 0.1) is 0 Å². The van der Waals surface area contributed by atoms with Crippen molar-refractivity contribution in [2.24, 2.45) is 0 Å². The van der Waals surface area contributed by atoms with Crippen LogP contribution in [0.25, 0.3) is 0 Å². The van der Waals surface area contributed by atoms with Crippen LogP contribution in [0.15, 0.2) is 48.5 Å². The van der Waals surface area contributed by atoms with E-state index < -0.39 is 0 Å². The summed E-state index contributed by atoms with van der Waals surface area (Å²) in [7, 11) is 0. The molecule has 2 aromatic rings. The fourth-order valence-electron chi connectivity index (χ4n) is 3.14. The molecule has 1 unspecified atom stereocenters. The highest BCUT2D eigenvalue weighted by molar-refractivity contribution is 5.90. The monoisotopic (exact) mass is 294 g/mol. The number of para-hydroxylation sites is 1. The lowest BCUT2D eigenvalue weighted by atomic mass is 10.0. The molecule has 3 heteroatoms. The van der Waals surface area contributed by atoms with Crippen LogP contribution in [0.4, 0.5) is 10.5 Å². The molecule has 0 bridgehead atoms. The minimum atomic E-state index is -0.130. The summed E-state index contributed by atoms with van der Waals surface area (Å²) >= 11 is 0. The van der Waals surface area contributed by atoms with Crippen molar-refractivity contribution in [1.82, 2.24) is 5.32 Å². The molecule has 3 nitrogen and oxygen atoms in total. The first-order valence-corrected chi connectivity index (χ1v) is 7.89. The predicted molar refractivity (Wildman–Crippen MR) is 90.2 cm³/mol. The minimum Gasteiger partial charge on any atom is -0.331 e. The molecule has 114 valence electrons. The molecular weight excluding hydrogens is 272 g/mol. The summed E-state index contributed by atoms with van der Waals surface area (Å²) in [5.74, 6) is 0.378. The Morgan fingerprint density at radius 1 is 1.09 bits per heavy atom. The molecule has 0 radical (unpaired) electrons. The van der Waals surface area contributed by atoms with E-state index >= 15 is 0 Å². The molecule has 2 N–H and O–H groups in total. The number of hydrogen-bond acceptors (Lipinski definition) is 1. The number of nitrogens with one attached hydrogen (secondary N) is 2. The van der Waals surface area contributed by atoms with Gasteiger partial charge in [-0.15, -0.1) is 0 Å². The number of anilines is 1. The molecule has 0 heterocycles. The zero-order valence-corrected chi connectivity index (χ0v) is 13.1. The number of carbonyl (C=O) groups excluding carboxylic acids is 1. The van der Waals surface area contributed by atoms with Crippen LogP contribution in [-0.4, -0.2) is 6.03 Å². The van der Waals surface area contributed by atoms with E-state index in [2.05, 4.69) is 48.7 Å². The quantitative estimate of drug-likeness (QED) is 0.852. The Labute approximate surface area is 131 Å². The summed E-state index contributed by atoms with van der Waals surface area (Å²) in [6, 6.07) is 16.3. The smallest absolute Gasteiger partial charge is 0.319 e. The molecule has 1 aliphatic rings. The number of aryl methyl sites for hydroxylation is 1. The Bertz CT molecular complexity index is 679. The molecule has 2 aromatic carbocycles. The Hall–Kier alpha value is -2.29. The van der Waals surface area contributed by atoms with Crippen molar-refractivity contribution >= 4 is 11.7 Å². The standard InChI is InChI=1S/C19H22N2O/c1-13(2)15-8-5-6-10-17(15)20-19(22)21-18-12-11-14-7-3-4-9-16(14)18/h3-10,13,18H,11-12H2,1-2H3,(H2,20,21,22). The van der Waals surface area contributed by atoms with Crippen molar-refractivity contribution in [3.63, 3.8) is 0 Å². The van der Waals surface area contributed by atoms with Crippen LogP contribution in [-0.2, 0) is 6.42 Å². The lowest BCUT2D eigenvalue weighted by Gasteiger charge is -2.17. The third kappa shape index (κ3) is 2.98. The topological polar surface area (TPSA) is 41.1 Å². The summed E-state index contributed by atoms with van der Waals surface area (Å²) in [4.78, 5) is 12.3. The van der Waals surface area contributed by atoms with Gasteiger partial charge in [-0.3, -0.25) is 0 Å². The van der Waals surface area contributed by atoms with Crippen LogP contribution in [0.1, 0.15) is 48.9 Å². The average molecular weight is 294 g/mol. The second-order valence-electron chi connectivity index (χ2n) is 6.13. The maximum absolute atomic E-state index is 12.3. The molecule has 0 spiro atoms. The summed E-state index contributed by atoms with van der Waals surface area (Å²) in [5.41, 5.74) is 4.64. The number of fused-ring (bicyclic) bond motifs is 1. The van der Waals surface area contributed by atoms with Crippen LogP contribution in [0.2, 0.25) is 0 Å². The van der Waals surface area contributed by atoms with Gasteiger partial charge in [-0.25, -0.2) is 4.79 Å². The molecular formula is C19H22N2O. The second-order valence-corrected chi connectivity index (χ2v) is 6.13. The van der Waals surface area contributed by atoms with Gasteiger partial charge in [0, 0.05) is 5.69 Å². The van der Waals surface area contributed by atoms with Crippen molar-refractivity contribution in [3.8, 4) is 0 Å². The normalized spacial score (nSPS) is 16.4. The average Bonchev–Trinajstić information content (AvgIpc) is 2.91. The molecule has 0 fully saturated rings. The maximum atomic E-state index is 12.3. The number of amides is 2. The molecule has 0 saturated carbocycles. The predicted octanol–water partition coefficient (Wildman–Crippen LogP) is 4.62. The summed E-state index contributed by atoms with van der Waals surface area (Å²) < 4.78 is 0. The van der Waals surface area contributed by atoms with Gasteiger partial charge in [0.05, 0.1) is 6.04 Å². The van der Waals surface area contributed by atoms with E-state index in [9.17, 15) is 4.79 Å². The van der Waals surface area contributed by atoms with E-state index in [0.29, 0.717) is 5.92 Å². The van der Waals surface area contributed by atoms with Gasteiger partial charge in [-0.05, 0) is 41.5 Å². The Balaban J connectivity index is 1.70. The number of urea groups is 1. The van der Waals surface area contributed by atoms with E-state index in [4.69, 9.17) is 0 Å². The highest BCUT2D eigenvalue weighted by Crippen LogP contribution is 2.31. The first kappa shape index (κ1) is 14.6. The molecule has 2 amide bonds. The summed E-state index contributed by atoms with van der Waals surface area (Å²) in [6.45, 7) is 4.26. The maximum Gasteiger partial charge on any atom is 0.319 e. The third-order valence-corrected chi connectivity index (χ3v) is 4.27. The number of rotatable bonds is 3. The molecule has 22 heavy (non-hydrogen) atoms. The van der Waals surface area contributed by atoms with E-state index in [1.54, 1.807) is 0 Å². The fraction of sp³-hybridized carbons (Fsp3) is 0.316. The van der Waals surface area contributed by atoms with Crippen LogP contribution in [0.3, 0.4) is 0 Å². The van der Waals surface area contributed by atoms with Gasteiger partial charge < -0.3 is 10.6 Å². The van der Waals surface area contributed by atoms with E-state index in [1.165, 1.54) is 11.1 Å². The first-order valence-electron chi connectivity index (χ1n) is 7.89. The Morgan fingerprint density at radius 3 is 2.64 bits per heavy atom. The number of benzene rings is 2.